The molecule has 2 aromatic carbocycles. The number of benzene rings is 2. The van der Waals surface area contributed by atoms with Gasteiger partial charge in [0.15, 0.2) is 0 Å². The zero-order valence-corrected chi connectivity index (χ0v) is 10.5. The van der Waals surface area contributed by atoms with Gasteiger partial charge in [-0.1, -0.05) is 35.9 Å². The molecule has 0 aromatic heterocycles. The Balaban J connectivity index is 2.22. The SMILES string of the molecule is O=[N+]([O-])c1ccccc1CNc1c(F)cccc1Cl. The third-order valence-corrected chi connectivity index (χ3v) is 2.92. The molecular weight excluding hydrogens is 271 g/mol. The smallest absolute Gasteiger partial charge is 0.274 e. The van der Waals surface area contributed by atoms with E-state index in [4.69, 9.17) is 11.6 Å². The van der Waals surface area contributed by atoms with Crippen molar-refractivity contribution in [1.29, 1.82) is 0 Å². The Morgan fingerprint density at radius 2 is 1.95 bits per heavy atom. The molecule has 6 heteroatoms. The third kappa shape index (κ3) is 3.00. The lowest BCUT2D eigenvalue weighted by atomic mass is 10.1. The summed E-state index contributed by atoms with van der Waals surface area (Å²) in [6.45, 7) is 0.123. The maximum Gasteiger partial charge on any atom is 0.274 e. The second-order valence-electron chi connectivity index (χ2n) is 3.84. The van der Waals surface area contributed by atoms with Gasteiger partial charge in [0, 0.05) is 18.2 Å². The minimum Gasteiger partial charge on any atom is -0.377 e. The summed E-state index contributed by atoms with van der Waals surface area (Å²) in [6.07, 6.45) is 0. The van der Waals surface area contributed by atoms with Crippen LogP contribution in [0, 0.1) is 15.9 Å². The van der Waals surface area contributed by atoms with E-state index >= 15 is 0 Å². The van der Waals surface area contributed by atoms with Crippen molar-refractivity contribution in [3.05, 3.63) is 69.0 Å². The molecule has 0 aliphatic rings. The van der Waals surface area contributed by atoms with Crippen molar-refractivity contribution < 1.29 is 9.31 Å². The topological polar surface area (TPSA) is 55.2 Å². The second kappa shape index (κ2) is 5.67. The van der Waals surface area contributed by atoms with E-state index in [1.54, 1.807) is 24.3 Å². The predicted molar refractivity (Wildman–Crippen MR) is 71.8 cm³/mol. The average Bonchev–Trinajstić information content (AvgIpc) is 2.38. The molecule has 0 heterocycles. The number of nitro groups is 1. The summed E-state index contributed by atoms with van der Waals surface area (Å²) in [5.74, 6) is -0.494. The van der Waals surface area contributed by atoms with E-state index in [0.717, 1.165) is 0 Å². The maximum atomic E-state index is 13.5. The van der Waals surface area contributed by atoms with Gasteiger partial charge in [-0.3, -0.25) is 10.1 Å². The molecule has 0 spiro atoms. The number of rotatable bonds is 4. The molecule has 0 radical (unpaired) electrons. The molecule has 0 bridgehead atoms. The lowest BCUT2D eigenvalue weighted by Gasteiger charge is -2.09. The summed E-state index contributed by atoms with van der Waals surface area (Å²) in [7, 11) is 0. The maximum absolute atomic E-state index is 13.5. The molecule has 0 amide bonds. The van der Waals surface area contributed by atoms with Crippen molar-refractivity contribution >= 4 is 23.0 Å². The molecule has 0 aliphatic heterocycles. The van der Waals surface area contributed by atoms with Crippen molar-refractivity contribution in [3.8, 4) is 0 Å². The number of nitrogens with one attached hydrogen (secondary N) is 1. The molecule has 98 valence electrons. The standard InChI is InChI=1S/C13H10ClFN2O2/c14-10-5-3-6-11(15)13(10)16-8-9-4-1-2-7-12(9)17(18)19/h1-7,16H,8H2. The molecule has 0 unspecified atom stereocenters. The van der Waals surface area contributed by atoms with Crippen LogP contribution in [0.2, 0.25) is 5.02 Å². The number of anilines is 1. The fraction of sp³-hybridized carbons (Fsp3) is 0.0769. The lowest BCUT2D eigenvalue weighted by Crippen LogP contribution is -2.04. The van der Waals surface area contributed by atoms with E-state index in [1.807, 2.05) is 0 Å². The zero-order valence-electron chi connectivity index (χ0n) is 9.77. The van der Waals surface area contributed by atoms with E-state index < -0.39 is 10.7 Å². The summed E-state index contributed by atoms with van der Waals surface area (Å²) in [4.78, 5) is 10.4. The summed E-state index contributed by atoms with van der Waals surface area (Å²) in [5, 5.41) is 13.9. The van der Waals surface area contributed by atoms with Crippen LogP contribution in [0.15, 0.2) is 42.5 Å². The fourth-order valence-electron chi connectivity index (χ4n) is 1.69. The van der Waals surface area contributed by atoms with Gasteiger partial charge in [-0.25, -0.2) is 4.39 Å². The minimum absolute atomic E-state index is 0.0116. The Morgan fingerprint density at radius 3 is 2.63 bits per heavy atom. The third-order valence-electron chi connectivity index (χ3n) is 2.61. The summed E-state index contributed by atoms with van der Waals surface area (Å²) >= 11 is 5.86. The van der Waals surface area contributed by atoms with E-state index in [1.165, 1.54) is 18.2 Å². The highest BCUT2D eigenvalue weighted by Crippen LogP contribution is 2.26. The molecule has 2 aromatic rings. The number of halogens is 2. The highest BCUT2D eigenvalue weighted by molar-refractivity contribution is 6.33. The van der Waals surface area contributed by atoms with Gasteiger partial charge in [-0.05, 0) is 12.1 Å². The first-order chi connectivity index (χ1) is 9.09. The normalized spacial score (nSPS) is 10.2. The largest absolute Gasteiger partial charge is 0.377 e. The first kappa shape index (κ1) is 13.3. The molecule has 0 aliphatic carbocycles. The highest BCUT2D eigenvalue weighted by Gasteiger charge is 2.13. The van der Waals surface area contributed by atoms with Crippen LogP contribution >= 0.6 is 11.6 Å². The molecule has 4 nitrogen and oxygen atoms in total. The number of nitrogens with zero attached hydrogens (tertiary/aromatic N) is 1. The monoisotopic (exact) mass is 280 g/mol. The Bertz CT molecular complexity index is 599. The van der Waals surface area contributed by atoms with Crippen LogP contribution in [0.3, 0.4) is 0 Å². The molecule has 0 atom stereocenters. The number of nitro benzene ring substituents is 1. The fourth-order valence-corrected chi connectivity index (χ4v) is 1.92. The van der Waals surface area contributed by atoms with Crippen molar-refractivity contribution in [2.75, 3.05) is 5.32 Å². The van der Waals surface area contributed by atoms with Crippen LogP contribution in [0.5, 0.6) is 0 Å². The Labute approximate surface area is 114 Å². The molecule has 19 heavy (non-hydrogen) atoms. The van der Waals surface area contributed by atoms with E-state index in [2.05, 4.69) is 5.32 Å². The molecular formula is C13H10ClFN2O2. The van der Waals surface area contributed by atoms with Gasteiger partial charge in [-0.15, -0.1) is 0 Å². The van der Waals surface area contributed by atoms with Crippen molar-refractivity contribution in [1.82, 2.24) is 0 Å². The zero-order chi connectivity index (χ0) is 13.8. The average molecular weight is 281 g/mol. The van der Waals surface area contributed by atoms with E-state index in [9.17, 15) is 14.5 Å². The summed E-state index contributed by atoms with van der Waals surface area (Å²) < 4.78 is 13.5. The van der Waals surface area contributed by atoms with Gasteiger partial charge in [0.2, 0.25) is 0 Å². The van der Waals surface area contributed by atoms with Gasteiger partial charge in [0.25, 0.3) is 5.69 Å². The van der Waals surface area contributed by atoms with Crippen LogP contribution in [0.1, 0.15) is 5.56 Å². The second-order valence-corrected chi connectivity index (χ2v) is 4.24. The van der Waals surface area contributed by atoms with Crippen LogP contribution in [0.25, 0.3) is 0 Å². The van der Waals surface area contributed by atoms with Gasteiger partial charge in [0.1, 0.15) is 5.82 Å². The molecule has 1 N–H and O–H groups in total. The number of hydrogen-bond acceptors (Lipinski definition) is 3. The van der Waals surface area contributed by atoms with Crippen molar-refractivity contribution in [2.45, 2.75) is 6.54 Å². The van der Waals surface area contributed by atoms with Crippen molar-refractivity contribution in [3.63, 3.8) is 0 Å². The molecule has 0 saturated carbocycles. The van der Waals surface area contributed by atoms with Crippen LogP contribution < -0.4 is 5.32 Å². The van der Waals surface area contributed by atoms with E-state index in [0.29, 0.717) is 5.56 Å². The summed E-state index contributed by atoms with van der Waals surface area (Å²) in [5.41, 5.74) is 0.594. The van der Waals surface area contributed by atoms with Gasteiger partial charge >= 0.3 is 0 Å². The predicted octanol–water partition coefficient (Wildman–Crippen LogP) is 4.00. The quantitative estimate of drug-likeness (QED) is 0.680. The first-order valence-electron chi connectivity index (χ1n) is 5.50. The van der Waals surface area contributed by atoms with Crippen LogP contribution in [-0.4, -0.2) is 4.92 Å². The minimum atomic E-state index is -0.494. The van der Waals surface area contributed by atoms with E-state index in [-0.39, 0.29) is 22.9 Å². The number of hydrogen-bond donors (Lipinski definition) is 1. The molecule has 0 fully saturated rings. The van der Waals surface area contributed by atoms with Crippen molar-refractivity contribution in [2.24, 2.45) is 0 Å². The molecule has 0 saturated heterocycles. The molecule has 2 rings (SSSR count). The van der Waals surface area contributed by atoms with Crippen LogP contribution in [-0.2, 0) is 6.54 Å². The Hall–Kier alpha value is -2.14. The Morgan fingerprint density at radius 1 is 1.21 bits per heavy atom. The van der Waals surface area contributed by atoms with Gasteiger partial charge in [-0.2, -0.15) is 0 Å². The highest BCUT2D eigenvalue weighted by atomic mass is 35.5. The number of para-hydroxylation sites is 2. The van der Waals surface area contributed by atoms with Gasteiger partial charge < -0.3 is 5.32 Å². The van der Waals surface area contributed by atoms with Crippen LogP contribution in [0.4, 0.5) is 15.8 Å². The summed E-state index contributed by atoms with van der Waals surface area (Å²) in [6, 6.07) is 10.6. The Kier molecular flexibility index (Phi) is 3.97. The van der Waals surface area contributed by atoms with Gasteiger partial charge in [0.05, 0.1) is 15.6 Å². The lowest BCUT2D eigenvalue weighted by molar-refractivity contribution is -0.385. The first-order valence-corrected chi connectivity index (χ1v) is 5.87.